The van der Waals surface area contributed by atoms with Crippen molar-refractivity contribution in [2.75, 3.05) is 0 Å². The van der Waals surface area contributed by atoms with Gasteiger partial charge in [-0.25, -0.2) is 0 Å². The number of hydrogen-bond acceptors (Lipinski definition) is 4. The van der Waals surface area contributed by atoms with E-state index in [1.165, 1.54) is 128 Å². The summed E-state index contributed by atoms with van der Waals surface area (Å²) in [6.07, 6.45) is 41.8. The minimum atomic E-state index is -0.914. The normalized spacial score (nSPS) is 11.0. The van der Waals surface area contributed by atoms with Crippen LogP contribution in [0.15, 0.2) is 24.3 Å². The molecular weight excluding hydrogens is 552 g/mol. The molecule has 0 fully saturated rings. The second kappa shape index (κ2) is 41.1. The Kier molecular flexibility index (Phi) is 44.5. The van der Waals surface area contributed by atoms with Crippen LogP contribution in [0.4, 0.5) is 0 Å². The van der Waals surface area contributed by atoms with Gasteiger partial charge in [0, 0.05) is 11.9 Å². The van der Waals surface area contributed by atoms with Crippen LogP contribution in [-0.2, 0) is 26.7 Å². The predicted molar refractivity (Wildman–Crippen MR) is 169 cm³/mol. The second-order valence-corrected chi connectivity index (χ2v) is 11.4. The van der Waals surface area contributed by atoms with Crippen molar-refractivity contribution >= 4 is 11.9 Å². The van der Waals surface area contributed by atoms with Crippen LogP contribution in [0, 0.1) is 0 Å². The van der Waals surface area contributed by atoms with Gasteiger partial charge in [0.05, 0.1) is 0 Å². The maximum atomic E-state index is 10.2. The zero-order valence-corrected chi connectivity index (χ0v) is 28.2. The second-order valence-electron chi connectivity index (χ2n) is 11.4. The van der Waals surface area contributed by atoms with Crippen molar-refractivity contribution in [3.63, 3.8) is 0 Å². The molecule has 242 valence electrons. The number of carbonyl (C=O) groups is 2. The fourth-order valence-corrected chi connectivity index (χ4v) is 4.68. The summed E-state index contributed by atoms with van der Waals surface area (Å²) in [6.45, 7) is 4.51. The van der Waals surface area contributed by atoms with Crippen molar-refractivity contribution in [1.29, 1.82) is 0 Å². The third-order valence-corrected chi connectivity index (χ3v) is 7.29. The number of aliphatic carboxylic acids is 2. The average Bonchev–Trinajstić information content (AvgIpc) is 2.93. The van der Waals surface area contributed by atoms with Crippen LogP contribution in [0.3, 0.4) is 0 Å². The van der Waals surface area contributed by atoms with Gasteiger partial charge in [-0.1, -0.05) is 141 Å². The van der Waals surface area contributed by atoms with E-state index >= 15 is 0 Å². The summed E-state index contributed by atoms with van der Waals surface area (Å²) < 4.78 is 0. The van der Waals surface area contributed by atoms with Crippen molar-refractivity contribution in [3.05, 3.63) is 24.3 Å². The van der Waals surface area contributed by atoms with Crippen LogP contribution in [0.25, 0.3) is 0 Å². The Morgan fingerprint density at radius 2 is 0.610 bits per heavy atom. The Morgan fingerprint density at radius 1 is 0.390 bits per heavy atom. The maximum absolute atomic E-state index is 10.2. The first kappa shape index (κ1) is 44.4. The quantitative estimate of drug-likeness (QED) is 0.0456. The van der Waals surface area contributed by atoms with Gasteiger partial charge in [0.2, 0.25) is 0 Å². The summed E-state index contributed by atoms with van der Waals surface area (Å²) in [6, 6.07) is 0. The Bertz CT molecular complexity index is 524. The molecule has 0 aliphatic rings. The monoisotopic (exact) mass is 618 g/mol. The molecule has 0 saturated carbocycles. The minimum Gasteiger partial charge on any atom is -0.550 e. The molecule has 0 aromatic heterocycles. The summed E-state index contributed by atoms with van der Waals surface area (Å²) in [5.74, 6) is -1.83. The summed E-state index contributed by atoms with van der Waals surface area (Å²) in [5.41, 5.74) is 0. The first-order valence-corrected chi connectivity index (χ1v) is 17.2. The molecule has 0 N–H and O–H groups in total. The molecule has 5 heteroatoms. The molecule has 0 aromatic rings. The van der Waals surface area contributed by atoms with Gasteiger partial charge in [-0.05, 0) is 77.0 Å². The van der Waals surface area contributed by atoms with Gasteiger partial charge in [-0.2, -0.15) is 0 Å². The Hall–Kier alpha value is -1.06. The molecule has 0 aliphatic heterocycles. The van der Waals surface area contributed by atoms with E-state index in [0.29, 0.717) is 0 Å². The molecule has 0 aromatic carbocycles. The van der Waals surface area contributed by atoms with E-state index in [2.05, 4.69) is 38.2 Å². The van der Waals surface area contributed by atoms with Gasteiger partial charge in [0.25, 0.3) is 0 Å². The number of carboxylic acids is 2. The Morgan fingerprint density at radius 3 is 0.854 bits per heavy atom. The number of rotatable bonds is 30. The van der Waals surface area contributed by atoms with Crippen LogP contribution in [-0.4, -0.2) is 11.9 Å². The molecule has 0 heterocycles. The number of hydrogen-bond donors (Lipinski definition) is 0. The molecule has 0 atom stereocenters. The topological polar surface area (TPSA) is 80.3 Å². The van der Waals surface area contributed by atoms with Crippen molar-refractivity contribution in [1.82, 2.24) is 0 Å². The van der Waals surface area contributed by atoms with E-state index in [9.17, 15) is 19.8 Å². The van der Waals surface area contributed by atoms with E-state index in [-0.39, 0.29) is 29.9 Å². The summed E-state index contributed by atoms with van der Waals surface area (Å²) in [7, 11) is 0. The molecule has 4 nitrogen and oxygen atoms in total. The molecule has 0 bridgehead atoms. The van der Waals surface area contributed by atoms with E-state index < -0.39 is 11.9 Å². The van der Waals surface area contributed by atoms with Crippen LogP contribution in [0.2, 0.25) is 0 Å². The van der Waals surface area contributed by atoms with Crippen molar-refractivity contribution in [2.24, 2.45) is 0 Å². The largest absolute Gasteiger partial charge is 2.00 e. The fourth-order valence-electron chi connectivity index (χ4n) is 4.68. The number of carboxylic acid groups (broad SMARTS) is 2. The van der Waals surface area contributed by atoms with Gasteiger partial charge in [0.15, 0.2) is 0 Å². The number of allylic oxidation sites excluding steroid dienone is 4. The molecule has 0 spiro atoms. The third kappa shape index (κ3) is 49.0. The standard InChI is InChI=1S/2C18H34O2.Fe/c2*1-2-3-4-5-6-7-8-9-10-11-12-13-14-15-16-17-18(19)20;/h2*9-10H,2-8,11-17H2,1H3,(H,19,20);/q;;+2/p-2/b2*10-9-;. The Labute approximate surface area is 266 Å². The van der Waals surface area contributed by atoms with Gasteiger partial charge >= 0.3 is 17.1 Å². The SMILES string of the molecule is CCCCCCCC/C=C\CCCCCCCC(=O)[O-].CCCCCCCC/C=C\CCCCCCCC(=O)[O-].[Fe+2]. The molecular formula is C36H66FeO4. The first-order chi connectivity index (χ1) is 19.5. The molecule has 0 aliphatic carbocycles. The van der Waals surface area contributed by atoms with Crippen molar-refractivity contribution in [3.8, 4) is 0 Å². The smallest absolute Gasteiger partial charge is 0.550 e. The van der Waals surface area contributed by atoms with Gasteiger partial charge in [0.1, 0.15) is 0 Å². The minimum absolute atomic E-state index is 0. The Balaban J connectivity index is -0.000000688. The van der Waals surface area contributed by atoms with E-state index in [1.807, 2.05) is 0 Å². The zero-order valence-electron chi connectivity index (χ0n) is 27.1. The zero-order chi connectivity index (χ0) is 29.8. The number of carbonyl (C=O) groups excluding carboxylic acids is 2. The fraction of sp³-hybridized carbons (Fsp3) is 0.833. The van der Waals surface area contributed by atoms with E-state index in [0.717, 1.165) is 38.5 Å². The number of unbranched alkanes of at least 4 members (excludes halogenated alkanes) is 22. The van der Waals surface area contributed by atoms with Gasteiger partial charge in [-0.3, -0.25) is 0 Å². The molecule has 0 radical (unpaired) electrons. The third-order valence-electron chi connectivity index (χ3n) is 7.29. The van der Waals surface area contributed by atoms with Crippen molar-refractivity contribution < 1.29 is 36.9 Å². The van der Waals surface area contributed by atoms with E-state index in [4.69, 9.17) is 0 Å². The molecule has 41 heavy (non-hydrogen) atoms. The van der Waals surface area contributed by atoms with Crippen molar-refractivity contribution in [2.45, 2.75) is 194 Å². The summed E-state index contributed by atoms with van der Waals surface area (Å²) >= 11 is 0. The predicted octanol–water partition coefficient (Wildman–Crippen LogP) is 9.55. The molecule has 0 amide bonds. The molecule has 0 rings (SSSR count). The van der Waals surface area contributed by atoms with Crippen LogP contribution in [0.5, 0.6) is 0 Å². The average molecular weight is 619 g/mol. The van der Waals surface area contributed by atoms with E-state index in [1.54, 1.807) is 0 Å². The van der Waals surface area contributed by atoms with Crippen LogP contribution >= 0.6 is 0 Å². The molecule has 0 saturated heterocycles. The maximum Gasteiger partial charge on any atom is 2.00 e. The first-order valence-electron chi connectivity index (χ1n) is 17.2. The van der Waals surface area contributed by atoms with Crippen LogP contribution in [0.1, 0.15) is 194 Å². The van der Waals surface area contributed by atoms with Crippen LogP contribution < -0.4 is 10.2 Å². The summed E-state index contributed by atoms with van der Waals surface area (Å²) in [5, 5.41) is 20.4. The van der Waals surface area contributed by atoms with Gasteiger partial charge in [-0.15, -0.1) is 0 Å². The summed E-state index contributed by atoms with van der Waals surface area (Å²) in [4.78, 5) is 20.4. The van der Waals surface area contributed by atoms with Gasteiger partial charge < -0.3 is 19.8 Å². The molecule has 0 unspecified atom stereocenters.